The number of ether oxygens (including phenoxy) is 1. The lowest BCUT2D eigenvalue weighted by atomic mass is 10.1. The summed E-state index contributed by atoms with van der Waals surface area (Å²) in [4.78, 5) is 12.6. The van der Waals surface area contributed by atoms with Crippen LogP contribution in [-0.4, -0.2) is 22.3 Å². The molecule has 5 nitrogen and oxygen atoms in total. The molecule has 3 aromatic rings. The van der Waals surface area contributed by atoms with Gasteiger partial charge in [-0.15, -0.1) is 0 Å². The van der Waals surface area contributed by atoms with Crippen LogP contribution in [0, 0.1) is 20.8 Å². The molecule has 1 aromatic heterocycles. The van der Waals surface area contributed by atoms with Crippen LogP contribution in [0.5, 0.6) is 5.75 Å². The minimum atomic E-state index is -0.189. The lowest BCUT2D eigenvalue weighted by molar-refractivity contribution is -0.118. The maximum Gasteiger partial charge on any atom is 0.263 e. The molecule has 2 heterocycles. The summed E-state index contributed by atoms with van der Waals surface area (Å²) in [6, 6.07) is 13.9. The third-order valence-corrected chi connectivity index (χ3v) is 5.75. The van der Waals surface area contributed by atoms with Crippen molar-refractivity contribution in [1.82, 2.24) is 9.78 Å². The van der Waals surface area contributed by atoms with E-state index < -0.39 is 0 Å². The number of carbonyl (C=O) groups excluding carboxylic acids is 1. The van der Waals surface area contributed by atoms with Gasteiger partial charge < -0.3 is 10.1 Å². The van der Waals surface area contributed by atoms with Gasteiger partial charge in [0.1, 0.15) is 11.6 Å². The molecule has 1 aliphatic rings. The molecule has 1 aliphatic heterocycles. The monoisotopic (exact) mass is 393 g/mol. The summed E-state index contributed by atoms with van der Waals surface area (Å²) in [5.41, 5.74) is 6.61. The Morgan fingerprint density at radius 3 is 2.61 bits per heavy atom. The van der Waals surface area contributed by atoms with Crippen LogP contribution in [0.4, 0.5) is 5.82 Å². The number of carbonyl (C=O) groups is 1. The molecule has 0 saturated heterocycles. The zero-order chi connectivity index (χ0) is 19.7. The molecular weight excluding hydrogens is 370 g/mol. The van der Waals surface area contributed by atoms with Gasteiger partial charge in [-0.05, 0) is 44.5 Å². The molecule has 1 amide bonds. The molecule has 0 radical (unpaired) electrons. The smallest absolute Gasteiger partial charge is 0.263 e. The molecule has 0 unspecified atom stereocenters. The molecule has 0 spiro atoms. The van der Waals surface area contributed by atoms with Crippen LogP contribution < -0.4 is 10.1 Å². The summed E-state index contributed by atoms with van der Waals surface area (Å²) in [5, 5.41) is 7.81. The Morgan fingerprint density at radius 2 is 1.86 bits per heavy atom. The van der Waals surface area contributed by atoms with E-state index >= 15 is 0 Å². The van der Waals surface area contributed by atoms with E-state index in [-0.39, 0.29) is 12.5 Å². The second-order valence-corrected chi connectivity index (χ2v) is 8.10. The van der Waals surface area contributed by atoms with Crippen LogP contribution in [0.1, 0.15) is 27.9 Å². The summed E-state index contributed by atoms with van der Waals surface area (Å²) in [6.45, 7) is 6.11. The normalized spacial score (nSPS) is 12.7. The molecule has 0 aliphatic carbocycles. The largest absolute Gasteiger partial charge is 0.484 e. The Morgan fingerprint density at radius 1 is 1.11 bits per heavy atom. The minimum absolute atomic E-state index is 0.0387. The SMILES string of the molecule is Cc1ccc(OCC(=O)Nc2c3c(nn2-c2ccc(C)cc2C)CSC3)cc1. The van der Waals surface area contributed by atoms with E-state index in [1.54, 1.807) is 0 Å². The topological polar surface area (TPSA) is 56.1 Å². The van der Waals surface area contributed by atoms with E-state index in [9.17, 15) is 4.79 Å². The molecule has 4 rings (SSSR count). The molecule has 1 N–H and O–H groups in total. The fourth-order valence-corrected chi connectivity index (χ4v) is 4.35. The summed E-state index contributed by atoms with van der Waals surface area (Å²) in [5.74, 6) is 2.98. The molecule has 28 heavy (non-hydrogen) atoms. The van der Waals surface area contributed by atoms with Gasteiger partial charge in [0, 0.05) is 17.1 Å². The molecule has 0 fully saturated rings. The number of aromatic nitrogens is 2. The summed E-state index contributed by atoms with van der Waals surface area (Å²) < 4.78 is 7.49. The molecule has 6 heteroatoms. The van der Waals surface area contributed by atoms with Crippen molar-refractivity contribution in [3.05, 3.63) is 70.4 Å². The lowest BCUT2D eigenvalue weighted by Gasteiger charge is -2.14. The second kappa shape index (κ2) is 7.72. The predicted octanol–water partition coefficient (Wildman–Crippen LogP) is 4.56. The van der Waals surface area contributed by atoms with Gasteiger partial charge in [-0.3, -0.25) is 4.79 Å². The fourth-order valence-electron chi connectivity index (χ4n) is 3.31. The first-order chi connectivity index (χ1) is 13.5. The highest BCUT2D eigenvalue weighted by Gasteiger charge is 2.25. The van der Waals surface area contributed by atoms with Crippen LogP contribution >= 0.6 is 11.8 Å². The van der Waals surface area contributed by atoms with Crippen molar-refractivity contribution in [2.24, 2.45) is 0 Å². The number of nitrogens with zero attached hydrogens (tertiary/aromatic N) is 2. The number of fused-ring (bicyclic) bond motifs is 1. The van der Waals surface area contributed by atoms with Crippen molar-refractivity contribution in [3.63, 3.8) is 0 Å². The Kier molecular flexibility index (Phi) is 5.13. The first kappa shape index (κ1) is 18.6. The average Bonchev–Trinajstić information content (AvgIpc) is 3.24. The standard InChI is InChI=1S/C22H23N3O2S/c1-14-4-7-17(8-5-14)27-11-21(26)23-22-18-12-28-13-19(18)24-25(22)20-9-6-15(2)10-16(20)3/h4-10H,11-13H2,1-3H3,(H,23,26). The van der Waals surface area contributed by atoms with Gasteiger partial charge in [-0.25, -0.2) is 4.68 Å². The zero-order valence-electron chi connectivity index (χ0n) is 16.3. The number of hydrogen-bond donors (Lipinski definition) is 1. The van der Waals surface area contributed by atoms with Crippen molar-refractivity contribution in [2.45, 2.75) is 32.3 Å². The van der Waals surface area contributed by atoms with Gasteiger partial charge in [-0.1, -0.05) is 35.4 Å². The van der Waals surface area contributed by atoms with Gasteiger partial charge >= 0.3 is 0 Å². The summed E-state index contributed by atoms with van der Waals surface area (Å²) in [7, 11) is 0. The maximum absolute atomic E-state index is 12.6. The molecule has 144 valence electrons. The van der Waals surface area contributed by atoms with Gasteiger partial charge in [0.05, 0.1) is 11.4 Å². The highest BCUT2D eigenvalue weighted by molar-refractivity contribution is 7.98. The number of nitrogens with one attached hydrogen (secondary N) is 1. The number of thioether (sulfide) groups is 1. The minimum Gasteiger partial charge on any atom is -0.484 e. The van der Waals surface area contributed by atoms with Gasteiger partial charge in [0.2, 0.25) is 0 Å². The van der Waals surface area contributed by atoms with E-state index in [2.05, 4.69) is 37.4 Å². The Bertz CT molecular complexity index is 1030. The quantitative estimate of drug-likeness (QED) is 0.690. The van der Waals surface area contributed by atoms with E-state index in [0.29, 0.717) is 5.75 Å². The van der Waals surface area contributed by atoms with Crippen LogP contribution in [0.2, 0.25) is 0 Å². The summed E-state index contributed by atoms with van der Waals surface area (Å²) >= 11 is 1.81. The molecule has 0 atom stereocenters. The highest BCUT2D eigenvalue weighted by Crippen LogP contribution is 2.36. The number of benzene rings is 2. The van der Waals surface area contributed by atoms with Crippen LogP contribution in [-0.2, 0) is 16.3 Å². The third-order valence-electron chi connectivity index (χ3n) is 4.78. The molecule has 2 aromatic carbocycles. The molecule has 0 bridgehead atoms. The first-order valence-electron chi connectivity index (χ1n) is 9.27. The Hall–Kier alpha value is -2.73. The third kappa shape index (κ3) is 3.78. The van der Waals surface area contributed by atoms with Crippen molar-refractivity contribution in [1.29, 1.82) is 0 Å². The van der Waals surface area contributed by atoms with Gasteiger partial charge in [0.25, 0.3) is 5.91 Å². The Balaban J connectivity index is 1.56. The van der Waals surface area contributed by atoms with E-state index in [0.717, 1.165) is 45.4 Å². The number of amides is 1. The molecule has 0 saturated carbocycles. The number of hydrogen-bond acceptors (Lipinski definition) is 4. The summed E-state index contributed by atoms with van der Waals surface area (Å²) in [6.07, 6.45) is 0. The van der Waals surface area contributed by atoms with Crippen LogP contribution in [0.3, 0.4) is 0 Å². The number of aryl methyl sites for hydroxylation is 3. The van der Waals surface area contributed by atoms with Crippen LogP contribution in [0.25, 0.3) is 5.69 Å². The van der Waals surface area contributed by atoms with Crippen molar-refractivity contribution < 1.29 is 9.53 Å². The zero-order valence-corrected chi connectivity index (χ0v) is 17.1. The van der Waals surface area contributed by atoms with Gasteiger partial charge in [0.15, 0.2) is 6.61 Å². The highest BCUT2D eigenvalue weighted by atomic mass is 32.2. The number of rotatable bonds is 5. The fraction of sp³-hybridized carbons (Fsp3) is 0.273. The van der Waals surface area contributed by atoms with E-state index in [4.69, 9.17) is 9.84 Å². The first-order valence-corrected chi connectivity index (χ1v) is 10.4. The van der Waals surface area contributed by atoms with Gasteiger partial charge in [-0.2, -0.15) is 16.9 Å². The Labute approximate surface area is 169 Å². The maximum atomic E-state index is 12.6. The number of anilines is 1. The van der Waals surface area contributed by atoms with Crippen LogP contribution in [0.15, 0.2) is 42.5 Å². The van der Waals surface area contributed by atoms with Crippen molar-refractivity contribution >= 4 is 23.5 Å². The van der Waals surface area contributed by atoms with Crippen molar-refractivity contribution in [3.8, 4) is 11.4 Å². The van der Waals surface area contributed by atoms with E-state index in [1.165, 1.54) is 5.56 Å². The molecular formula is C22H23N3O2S. The average molecular weight is 394 g/mol. The van der Waals surface area contributed by atoms with Crippen molar-refractivity contribution in [2.75, 3.05) is 11.9 Å². The predicted molar refractivity (Wildman–Crippen MR) is 113 cm³/mol. The second-order valence-electron chi connectivity index (χ2n) is 7.12. The van der Waals surface area contributed by atoms with E-state index in [1.807, 2.05) is 47.6 Å². The lowest BCUT2D eigenvalue weighted by Crippen LogP contribution is -2.22.